The molecule has 2 rings (SSSR count). The molecule has 0 aliphatic carbocycles. The van der Waals surface area contributed by atoms with Crippen molar-refractivity contribution in [3.8, 4) is 0 Å². The Kier molecular flexibility index (Phi) is 5.37. The number of amides is 1. The van der Waals surface area contributed by atoms with E-state index in [2.05, 4.69) is 0 Å². The third kappa shape index (κ3) is 4.24. The molecule has 0 saturated carbocycles. The molecule has 0 aromatic carbocycles. The number of rotatable bonds is 5. The number of alkyl halides is 3. The highest BCUT2D eigenvalue weighted by molar-refractivity contribution is 7.91. The zero-order valence-electron chi connectivity index (χ0n) is 12.4. The molecule has 1 aromatic heterocycles. The number of sulfonamides is 1. The summed E-state index contributed by atoms with van der Waals surface area (Å²) in [5.74, 6) is -0.907. The average Bonchev–Trinajstić information content (AvgIpc) is 3.12. The first-order valence-electron chi connectivity index (χ1n) is 7.10. The number of halogens is 3. The SMILES string of the molecule is CCc1ccc(S(=O)(=O)N2CCC[C@H]2C(=O)NCC(F)(F)F)s1. The molecule has 5 nitrogen and oxygen atoms in total. The third-order valence-corrected chi connectivity index (χ3v) is 7.12. The fourth-order valence-corrected chi connectivity index (χ4v) is 5.48. The van der Waals surface area contributed by atoms with E-state index in [1.807, 2.05) is 6.92 Å². The van der Waals surface area contributed by atoms with Crippen LogP contribution in [0.2, 0.25) is 0 Å². The van der Waals surface area contributed by atoms with Crippen LogP contribution < -0.4 is 5.32 Å². The number of hydrogen-bond donors (Lipinski definition) is 1. The normalized spacial score (nSPS) is 19.9. The number of nitrogens with one attached hydrogen (secondary N) is 1. The fourth-order valence-electron chi connectivity index (χ4n) is 2.40. The summed E-state index contributed by atoms with van der Waals surface area (Å²) >= 11 is 1.12. The molecule has 0 bridgehead atoms. The minimum Gasteiger partial charge on any atom is -0.346 e. The van der Waals surface area contributed by atoms with Crippen molar-refractivity contribution in [3.63, 3.8) is 0 Å². The van der Waals surface area contributed by atoms with Gasteiger partial charge in [-0.1, -0.05) is 6.92 Å². The summed E-state index contributed by atoms with van der Waals surface area (Å²) in [6, 6.07) is 2.09. The molecule has 0 spiro atoms. The highest BCUT2D eigenvalue weighted by atomic mass is 32.2. The predicted octanol–water partition coefficient (Wildman–Crippen LogP) is 2.14. The van der Waals surface area contributed by atoms with Gasteiger partial charge in [0.25, 0.3) is 10.0 Å². The number of aryl methyl sites for hydroxylation is 1. The van der Waals surface area contributed by atoms with Gasteiger partial charge in [-0.15, -0.1) is 11.3 Å². The van der Waals surface area contributed by atoms with E-state index in [1.54, 1.807) is 11.4 Å². The van der Waals surface area contributed by atoms with Gasteiger partial charge in [0.2, 0.25) is 5.91 Å². The summed E-state index contributed by atoms with van der Waals surface area (Å²) in [6.45, 7) is 0.562. The third-order valence-electron chi connectivity index (χ3n) is 3.52. The lowest BCUT2D eigenvalue weighted by Gasteiger charge is -2.22. The topological polar surface area (TPSA) is 66.5 Å². The van der Waals surface area contributed by atoms with Gasteiger partial charge in [0.1, 0.15) is 16.8 Å². The summed E-state index contributed by atoms with van der Waals surface area (Å²) in [6.07, 6.45) is -3.18. The lowest BCUT2D eigenvalue weighted by molar-refractivity contribution is -0.140. The summed E-state index contributed by atoms with van der Waals surface area (Å²) in [5.41, 5.74) is 0. The van der Waals surface area contributed by atoms with Gasteiger partial charge >= 0.3 is 6.18 Å². The van der Waals surface area contributed by atoms with Crippen molar-refractivity contribution in [2.75, 3.05) is 13.1 Å². The van der Waals surface area contributed by atoms with Gasteiger partial charge in [0.15, 0.2) is 0 Å². The van der Waals surface area contributed by atoms with Crippen molar-refractivity contribution in [2.24, 2.45) is 0 Å². The number of hydrogen-bond acceptors (Lipinski definition) is 4. The Morgan fingerprint density at radius 3 is 2.70 bits per heavy atom. The second kappa shape index (κ2) is 6.78. The first-order chi connectivity index (χ1) is 10.6. The largest absolute Gasteiger partial charge is 0.405 e. The van der Waals surface area contributed by atoms with Crippen LogP contribution in [-0.4, -0.2) is 43.9 Å². The smallest absolute Gasteiger partial charge is 0.346 e. The lowest BCUT2D eigenvalue weighted by Crippen LogP contribution is -2.47. The van der Waals surface area contributed by atoms with Crippen LogP contribution in [0.5, 0.6) is 0 Å². The van der Waals surface area contributed by atoms with Crippen LogP contribution >= 0.6 is 11.3 Å². The maximum atomic E-state index is 12.6. The monoisotopic (exact) mass is 370 g/mol. The molecule has 0 unspecified atom stereocenters. The molecule has 130 valence electrons. The van der Waals surface area contributed by atoms with Crippen molar-refractivity contribution < 1.29 is 26.4 Å². The standard InChI is InChI=1S/C13H17F3N2O3S2/c1-2-9-5-6-11(22-9)23(20,21)18-7-3-4-10(18)12(19)17-8-13(14,15)16/h5-6,10H,2-4,7-8H2,1H3,(H,17,19)/t10-/m0/s1. The Bertz CT molecular complexity index is 670. The van der Waals surface area contributed by atoms with Gasteiger partial charge < -0.3 is 5.32 Å². The zero-order valence-corrected chi connectivity index (χ0v) is 14.0. The molecule has 2 heterocycles. The molecule has 0 radical (unpaired) electrons. The fraction of sp³-hybridized carbons (Fsp3) is 0.615. The molecule has 1 atom stereocenters. The van der Waals surface area contributed by atoms with Crippen LogP contribution in [0.3, 0.4) is 0 Å². The van der Waals surface area contributed by atoms with Crippen LogP contribution in [-0.2, 0) is 21.2 Å². The molecule has 1 fully saturated rings. The Hall–Kier alpha value is -1.13. The van der Waals surface area contributed by atoms with E-state index in [0.717, 1.165) is 20.5 Å². The van der Waals surface area contributed by atoms with Crippen LogP contribution in [0.4, 0.5) is 13.2 Å². The van der Waals surface area contributed by atoms with Crippen molar-refractivity contribution in [1.29, 1.82) is 0 Å². The van der Waals surface area contributed by atoms with Gasteiger partial charge in [-0.3, -0.25) is 4.79 Å². The Balaban J connectivity index is 2.15. The van der Waals surface area contributed by atoms with E-state index in [-0.39, 0.29) is 17.2 Å². The van der Waals surface area contributed by atoms with Crippen LogP contribution in [0, 0.1) is 0 Å². The van der Waals surface area contributed by atoms with Gasteiger partial charge in [-0.25, -0.2) is 8.42 Å². The van der Waals surface area contributed by atoms with E-state index in [4.69, 9.17) is 0 Å². The van der Waals surface area contributed by atoms with Crippen molar-refractivity contribution in [2.45, 2.75) is 42.6 Å². The first kappa shape index (κ1) is 18.2. The summed E-state index contributed by atoms with van der Waals surface area (Å²) in [4.78, 5) is 12.8. The van der Waals surface area contributed by atoms with Gasteiger partial charge in [0, 0.05) is 11.4 Å². The van der Waals surface area contributed by atoms with E-state index in [1.165, 1.54) is 6.07 Å². The molecule has 1 aromatic rings. The maximum absolute atomic E-state index is 12.6. The molecule has 1 aliphatic rings. The second-order valence-electron chi connectivity index (χ2n) is 5.18. The van der Waals surface area contributed by atoms with E-state index in [9.17, 15) is 26.4 Å². The Morgan fingerprint density at radius 2 is 2.13 bits per heavy atom. The molecule has 1 N–H and O–H groups in total. The molecular weight excluding hydrogens is 353 g/mol. The van der Waals surface area contributed by atoms with Gasteiger partial charge in [-0.05, 0) is 31.4 Å². The van der Waals surface area contributed by atoms with Gasteiger partial charge in [0.05, 0.1) is 0 Å². The van der Waals surface area contributed by atoms with E-state index < -0.39 is 34.7 Å². The van der Waals surface area contributed by atoms with E-state index in [0.29, 0.717) is 12.8 Å². The Labute approximate surface area is 136 Å². The van der Waals surface area contributed by atoms with Crippen LogP contribution in [0.1, 0.15) is 24.6 Å². The summed E-state index contributed by atoms with van der Waals surface area (Å²) < 4.78 is 62.9. The van der Waals surface area contributed by atoms with E-state index >= 15 is 0 Å². The number of carbonyl (C=O) groups is 1. The van der Waals surface area contributed by atoms with Crippen LogP contribution in [0.15, 0.2) is 16.3 Å². The molecule has 23 heavy (non-hydrogen) atoms. The zero-order chi connectivity index (χ0) is 17.3. The minimum atomic E-state index is -4.53. The first-order valence-corrected chi connectivity index (χ1v) is 9.36. The molecule has 1 aliphatic heterocycles. The number of carbonyl (C=O) groups excluding carboxylic acids is 1. The van der Waals surface area contributed by atoms with Crippen molar-refractivity contribution in [1.82, 2.24) is 9.62 Å². The quantitative estimate of drug-likeness (QED) is 0.864. The van der Waals surface area contributed by atoms with Gasteiger partial charge in [-0.2, -0.15) is 17.5 Å². The highest BCUT2D eigenvalue weighted by Gasteiger charge is 2.41. The van der Waals surface area contributed by atoms with Crippen LogP contribution in [0.25, 0.3) is 0 Å². The summed E-state index contributed by atoms with van der Waals surface area (Å²) in [5, 5.41) is 1.77. The highest BCUT2D eigenvalue weighted by Crippen LogP contribution is 2.30. The molecule has 1 amide bonds. The van der Waals surface area contributed by atoms with Crippen molar-refractivity contribution >= 4 is 27.3 Å². The maximum Gasteiger partial charge on any atom is 0.405 e. The summed E-state index contributed by atoms with van der Waals surface area (Å²) in [7, 11) is -3.87. The average molecular weight is 370 g/mol. The Morgan fingerprint density at radius 1 is 1.43 bits per heavy atom. The molecule has 10 heteroatoms. The lowest BCUT2D eigenvalue weighted by atomic mass is 10.2. The minimum absolute atomic E-state index is 0.116. The predicted molar refractivity (Wildman–Crippen MR) is 79.7 cm³/mol. The second-order valence-corrected chi connectivity index (χ2v) is 8.47. The number of nitrogens with zero attached hydrogens (tertiary/aromatic N) is 1. The number of thiophene rings is 1. The molecule has 1 saturated heterocycles. The molecular formula is C13H17F3N2O3S2. The van der Waals surface area contributed by atoms with Crippen molar-refractivity contribution in [3.05, 3.63) is 17.0 Å².